The Morgan fingerprint density at radius 1 is 1.80 bits per heavy atom. The maximum Gasteiger partial charge on any atom is 0 e. The van der Waals surface area contributed by atoms with Gasteiger partial charge in [0.15, 0.2) is 0 Å². The van der Waals surface area contributed by atoms with Gasteiger partial charge in [0, 0.05) is 18.6 Å². The molecule has 2 nitrogen and oxygen atoms in total. The Hall–Kier alpha value is 0.613. The van der Waals surface area contributed by atoms with Crippen molar-refractivity contribution in [1.82, 2.24) is 0 Å². The van der Waals surface area contributed by atoms with Gasteiger partial charge in [-0.25, -0.2) is 0 Å². The Balaban J connectivity index is 0. The summed E-state index contributed by atoms with van der Waals surface area (Å²) in [5.41, 5.74) is 0. The molecule has 0 bridgehead atoms. The average molecular weight is 172 g/mol. The van der Waals surface area contributed by atoms with Crippen LogP contribution in [0.4, 0.5) is 4.79 Å². The van der Waals surface area contributed by atoms with Crippen LogP contribution in [0.25, 0.3) is 0 Å². The van der Waals surface area contributed by atoms with Gasteiger partial charge in [-0.15, -0.1) is 0 Å². The third-order valence-electron chi connectivity index (χ3n) is 0. The third-order valence-corrected chi connectivity index (χ3v) is 0. The minimum Gasteiger partial charge on any atom is 0 e. The zero-order valence-electron chi connectivity index (χ0n) is 2.30. The summed E-state index contributed by atoms with van der Waals surface area (Å²) in [6, 6.07) is 0. The molecule has 1 N–H and O–H groups in total. The molecule has 0 aliphatic carbocycles. The predicted octanol–water partition coefficient (Wildman–Crippen LogP) is -0.437. The van der Waals surface area contributed by atoms with Gasteiger partial charge in [-0.2, -0.15) is 0 Å². The molecule has 0 spiro atoms. The van der Waals surface area contributed by atoms with E-state index in [-0.39, 0.29) is 18.6 Å². The van der Waals surface area contributed by atoms with Gasteiger partial charge in [-0.3, -0.25) is 0 Å². The van der Waals surface area contributed by atoms with E-state index < -0.39 is 4.76 Å². The first-order valence-corrected chi connectivity index (χ1v) is 1.73. The molecule has 0 aromatic rings. The second-order valence-electron chi connectivity index (χ2n) is 0.305. The largest absolute Gasteiger partial charge is 0 e. The van der Waals surface area contributed by atoms with Crippen molar-refractivity contribution in [3.63, 3.8) is 0 Å². The SMILES string of the molecule is O=C(O)[AsH].[V]. The summed E-state index contributed by atoms with van der Waals surface area (Å²) in [5.74, 6) is 0. The summed E-state index contributed by atoms with van der Waals surface area (Å²) in [5, 5.41) is 7.42. The number of carboxylic acid groups (broad SMARTS) is 1. The molecule has 0 unspecified atom stereocenters. The van der Waals surface area contributed by atoms with Crippen molar-refractivity contribution >= 4 is 21.6 Å². The Bertz CT molecular complexity index is 32.6. The fraction of sp³-hybridized carbons (Fsp3) is 0. The van der Waals surface area contributed by atoms with Gasteiger partial charge in [-0.05, 0) is 0 Å². The van der Waals surface area contributed by atoms with Crippen LogP contribution >= 0.6 is 0 Å². The molecular formula is CH2AsO2V. The molecule has 0 aromatic carbocycles. The summed E-state index contributed by atoms with van der Waals surface area (Å²) in [6.45, 7) is 0. The monoisotopic (exact) mass is 172 g/mol. The van der Waals surface area contributed by atoms with E-state index >= 15 is 0 Å². The summed E-state index contributed by atoms with van der Waals surface area (Å²) in [4.78, 5) is 9.00. The van der Waals surface area contributed by atoms with Gasteiger partial charge in [0.2, 0.25) is 0 Å². The maximum atomic E-state index is 9.00. The van der Waals surface area contributed by atoms with Crippen molar-refractivity contribution in [2.45, 2.75) is 0 Å². The summed E-state index contributed by atoms with van der Waals surface area (Å²) in [7, 11) is 0. The standard InChI is InChI=1S/CH2AsO2.V/c2-1(3)4;/h2H,(H,3,4);. The number of hydrogen-bond donors (Lipinski definition) is 1. The molecule has 0 aliphatic rings. The molecule has 0 rings (SSSR count). The molecule has 0 heterocycles. The molecular weight excluding hydrogens is 170 g/mol. The van der Waals surface area contributed by atoms with E-state index in [0.717, 1.165) is 16.9 Å². The number of carbonyl (C=O) groups is 1. The van der Waals surface area contributed by atoms with Crippen molar-refractivity contribution in [1.29, 1.82) is 0 Å². The molecule has 0 saturated heterocycles. The zero-order valence-corrected chi connectivity index (χ0v) is 5.80. The predicted molar refractivity (Wildman–Crippen MR) is 15.2 cm³/mol. The van der Waals surface area contributed by atoms with Gasteiger partial charge < -0.3 is 0 Å². The van der Waals surface area contributed by atoms with Crippen molar-refractivity contribution < 1.29 is 28.5 Å². The molecule has 0 atom stereocenters. The Morgan fingerprint density at radius 2 is 1.80 bits per heavy atom. The van der Waals surface area contributed by atoms with Crippen LogP contribution in [0.2, 0.25) is 0 Å². The molecule has 4 heteroatoms. The molecule has 28 valence electrons. The van der Waals surface area contributed by atoms with E-state index in [0.29, 0.717) is 0 Å². The van der Waals surface area contributed by atoms with Gasteiger partial charge >= 0.3 is 31.5 Å². The molecule has 0 aliphatic heterocycles. The van der Waals surface area contributed by atoms with E-state index in [1.54, 1.807) is 0 Å². The summed E-state index contributed by atoms with van der Waals surface area (Å²) < 4.78 is -0.833. The molecule has 2 radical (unpaired) electrons. The van der Waals surface area contributed by atoms with Crippen molar-refractivity contribution in [2.75, 3.05) is 0 Å². The summed E-state index contributed by atoms with van der Waals surface area (Å²) in [6.07, 6.45) is 0. The Morgan fingerprint density at radius 3 is 1.80 bits per heavy atom. The van der Waals surface area contributed by atoms with E-state index in [4.69, 9.17) is 9.90 Å². The first kappa shape index (κ1) is 9.15. The van der Waals surface area contributed by atoms with Gasteiger partial charge in [-0.1, -0.05) is 0 Å². The van der Waals surface area contributed by atoms with Crippen molar-refractivity contribution in [3.05, 3.63) is 0 Å². The van der Waals surface area contributed by atoms with Crippen molar-refractivity contribution in [2.24, 2.45) is 0 Å². The molecule has 5 heavy (non-hydrogen) atoms. The van der Waals surface area contributed by atoms with Crippen LogP contribution in [0.15, 0.2) is 0 Å². The topological polar surface area (TPSA) is 37.3 Å². The van der Waals surface area contributed by atoms with Crippen LogP contribution in [0.3, 0.4) is 0 Å². The fourth-order valence-electron chi connectivity index (χ4n) is 0. The van der Waals surface area contributed by atoms with E-state index in [1.807, 2.05) is 0 Å². The van der Waals surface area contributed by atoms with Crippen LogP contribution in [-0.2, 0) is 18.6 Å². The quantitative estimate of drug-likeness (QED) is 0.503. The minimum absolute atomic E-state index is 0. The zero-order chi connectivity index (χ0) is 3.58. The molecule has 0 amide bonds. The first-order chi connectivity index (χ1) is 1.73. The maximum absolute atomic E-state index is 9.00. The Kier molecular flexibility index (Phi) is 8.44. The van der Waals surface area contributed by atoms with Gasteiger partial charge in [0.05, 0.1) is 0 Å². The van der Waals surface area contributed by atoms with Crippen LogP contribution in [0.5, 0.6) is 0 Å². The molecule has 0 fully saturated rings. The van der Waals surface area contributed by atoms with Crippen LogP contribution < -0.4 is 0 Å². The fourth-order valence-corrected chi connectivity index (χ4v) is 0. The second-order valence-corrected chi connectivity index (χ2v) is 1.20. The number of rotatable bonds is 0. The van der Waals surface area contributed by atoms with E-state index in [9.17, 15) is 0 Å². The normalized spacial score (nSPS) is 5.00. The summed E-state index contributed by atoms with van der Waals surface area (Å²) >= 11 is 1.08. The van der Waals surface area contributed by atoms with Gasteiger partial charge in [0.25, 0.3) is 0 Å². The molecule has 0 saturated carbocycles. The Labute approximate surface area is 50.3 Å². The van der Waals surface area contributed by atoms with Crippen molar-refractivity contribution in [3.8, 4) is 0 Å². The van der Waals surface area contributed by atoms with Crippen LogP contribution in [-0.4, -0.2) is 26.7 Å². The smallest absolute Gasteiger partial charge is 0 e. The average Bonchev–Trinajstić information content (AvgIpc) is 0.811. The van der Waals surface area contributed by atoms with Crippen LogP contribution in [0.1, 0.15) is 0 Å². The number of hydrogen-bond acceptors (Lipinski definition) is 1. The van der Waals surface area contributed by atoms with E-state index in [1.165, 1.54) is 0 Å². The first-order valence-electron chi connectivity index (χ1n) is 0.678. The minimum atomic E-state index is -0.833. The van der Waals surface area contributed by atoms with E-state index in [2.05, 4.69) is 0 Å². The van der Waals surface area contributed by atoms with Gasteiger partial charge in [0.1, 0.15) is 0 Å². The third kappa shape index (κ3) is 83.8. The molecule has 0 aromatic heterocycles. The second kappa shape index (κ2) is 4.61. The van der Waals surface area contributed by atoms with Crippen LogP contribution in [0, 0.1) is 0 Å².